The minimum absolute atomic E-state index is 0.0548. The first-order valence-corrected chi connectivity index (χ1v) is 12.5. The number of fused-ring (bicyclic) bond motifs is 1. The molecule has 2 N–H and O–H groups in total. The van der Waals surface area contributed by atoms with Crippen LogP contribution >= 0.6 is 0 Å². The van der Waals surface area contributed by atoms with Crippen LogP contribution in [0.15, 0.2) is 82.5 Å². The first kappa shape index (κ1) is 24.3. The number of sulfonamides is 1. The molecule has 3 aromatic carbocycles. The SMILES string of the molecule is Cc1nc2ccccc2c(=O)n1-c1ccc(C(=O)Nc2cccc(S(=O)(=O)NC(C)(C)C)c2)cc1. The zero-order chi connectivity index (χ0) is 25.4. The molecule has 0 atom stereocenters. The maximum atomic E-state index is 13.0. The number of aromatic nitrogens is 2. The average molecular weight is 491 g/mol. The Morgan fingerprint density at radius 2 is 1.63 bits per heavy atom. The standard InChI is InChI=1S/C26H26N4O4S/c1-17-27-23-11-6-5-10-22(23)25(32)30(17)20-14-12-18(13-15-20)24(31)28-19-8-7-9-21(16-19)35(33,34)29-26(2,3)4/h5-16,29H,1-4H3,(H,28,31). The number of rotatable bonds is 5. The van der Waals surface area contributed by atoms with E-state index in [0.717, 1.165) is 0 Å². The van der Waals surface area contributed by atoms with Gasteiger partial charge in [0, 0.05) is 16.8 Å². The fourth-order valence-corrected chi connectivity index (χ4v) is 5.18. The third kappa shape index (κ3) is 5.31. The van der Waals surface area contributed by atoms with Crippen LogP contribution in [-0.4, -0.2) is 29.4 Å². The number of anilines is 1. The Kier molecular flexibility index (Phi) is 6.31. The molecular weight excluding hydrogens is 464 g/mol. The lowest BCUT2D eigenvalue weighted by atomic mass is 10.1. The van der Waals surface area contributed by atoms with E-state index >= 15 is 0 Å². The summed E-state index contributed by atoms with van der Waals surface area (Å²) in [6.07, 6.45) is 0. The van der Waals surface area contributed by atoms with E-state index in [4.69, 9.17) is 0 Å². The maximum absolute atomic E-state index is 13.0. The van der Waals surface area contributed by atoms with Crippen molar-refractivity contribution in [3.8, 4) is 5.69 Å². The number of benzene rings is 3. The van der Waals surface area contributed by atoms with E-state index in [1.54, 1.807) is 82.3 Å². The highest BCUT2D eigenvalue weighted by Gasteiger charge is 2.22. The Morgan fingerprint density at radius 1 is 0.943 bits per heavy atom. The number of nitrogens with zero attached hydrogens (tertiary/aromatic N) is 2. The van der Waals surface area contributed by atoms with E-state index in [9.17, 15) is 18.0 Å². The summed E-state index contributed by atoms with van der Waals surface area (Å²) in [5.41, 5.74) is 1.09. The Balaban J connectivity index is 1.57. The van der Waals surface area contributed by atoms with Gasteiger partial charge in [-0.15, -0.1) is 0 Å². The molecule has 9 heteroatoms. The van der Waals surface area contributed by atoms with Gasteiger partial charge in [-0.3, -0.25) is 14.2 Å². The van der Waals surface area contributed by atoms with Gasteiger partial charge in [-0.1, -0.05) is 18.2 Å². The molecule has 0 spiro atoms. The number of amides is 1. The summed E-state index contributed by atoms with van der Waals surface area (Å²) in [5.74, 6) is 0.128. The molecule has 0 bridgehead atoms. The molecule has 0 aliphatic carbocycles. The van der Waals surface area contributed by atoms with Crippen molar-refractivity contribution in [2.24, 2.45) is 0 Å². The van der Waals surface area contributed by atoms with E-state index < -0.39 is 21.5 Å². The van der Waals surface area contributed by atoms with Crippen LogP contribution in [-0.2, 0) is 10.0 Å². The van der Waals surface area contributed by atoms with Crippen molar-refractivity contribution in [2.75, 3.05) is 5.32 Å². The fourth-order valence-electron chi connectivity index (χ4n) is 3.72. The molecule has 0 radical (unpaired) electrons. The Bertz CT molecular complexity index is 1580. The molecule has 0 unspecified atom stereocenters. The molecule has 8 nitrogen and oxygen atoms in total. The summed E-state index contributed by atoms with van der Waals surface area (Å²) < 4.78 is 29.3. The second kappa shape index (κ2) is 9.09. The number of hydrogen-bond donors (Lipinski definition) is 2. The minimum atomic E-state index is -3.74. The van der Waals surface area contributed by atoms with Crippen LogP contribution < -0.4 is 15.6 Å². The average Bonchev–Trinajstić information content (AvgIpc) is 2.78. The zero-order valence-electron chi connectivity index (χ0n) is 19.9. The Hall–Kier alpha value is -3.82. The molecule has 0 saturated heterocycles. The lowest BCUT2D eigenvalue weighted by Gasteiger charge is -2.20. The molecule has 180 valence electrons. The second-order valence-corrected chi connectivity index (χ2v) is 10.9. The summed E-state index contributed by atoms with van der Waals surface area (Å²) >= 11 is 0. The number of nitrogens with one attached hydrogen (secondary N) is 2. The minimum Gasteiger partial charge on any atom is -0.322 e. The Labute approximate surface area is 203 Å². The second-order valence-electron chi connectivity index (χ2n) is 9.20. The summed E-state index contributed by atoms with van der Waals surface area (Å²) in [5, 5.41) is 3.24. The summed E-state index contributed by atoms with van der Waals surface area (Å²) in [7, 11) is -3.74. The van der Waals surface area contributed by atoms with Crippen LogP contribution in [0.1, 0.15) is 37.0 Å². The van der Waals surface area contributed by atoms with Gasteiger partial charge in [0.1, 0.15) is 5.82 Å². The highest BCUT2D eigenvalue weighted by atomic mass is 32.2. The van der Waals surface area contributed by atoms with E-state index in [-0.39, 0.29) is 10.5 Å². The molecule has 1 amide bonds. The van der Waals surface area contributed by atoms with Crippen molar-refractivity contribution in [3.63, 3.8) is 0 Å². The van der Waals surface area contributed by atoms with Gasteiger partial charge >= 0.3 is 0 Å². The smallest absolute Gasteiger partial charge is 0.265 e. The molecule has 0 aliphatic rings. The quantitative estimate of drug-likeness (QED) is 0.439. The predicted molar refractivity (Wildman–Crippen MR) is 137 cm³/mol. The van der Waals surface area contributed by atoms with Crippen molar-refractivity contribution >= 4 is 32.5 Å². The van der Waals surface area contributed by atoms with E-state index in [1.165, 1.54) is 16.7 Å². The van der Waals surface area contributed by atoms with Crippen LogP contribution in [0.3, 0.4) is 0 Å². The number of aryl methyl sites for hydroxylation is 1. The third-order valence-corrected chi connectivity index (χ3v) is 6.93. The zero-order valence-corrected chi connectivity index (χ0v) is 20.7. The van der Waals surface area contributed by atoms with Crippen molar-refractivity contribution in [1.82, 2.24) is 14.3 Å². The normalized spacial score (nSPS) is 12.0. The fraction of sp³-hybridized carbons (Fsp3) is 0.192. The molecule has 1 aromatic heterocycles. The van der Waals surface area contributed by atoms with Gasteiger partial charge in [0.15, 0.2) is 0 Å². The molecule has 4 rings (SSSR count). The summed E-state index contributed by atoms with van der Waals surface area (Å²) in [6, 6.07) is 19.8. The van der Waals surface area contributed by atoms with Crippen LogP contribution in [0.2, 0.25) is 0 Å². The molecule has 0 fully saturated rings. The van der Waals surface area contributed by atoms with Crippen LogP contribution in [0.5, 0.6) is 0 Å². The van der Waals surface area contributed by atoms with Crippen LogP contribution in [0.4, 0.5) is 5.69 Å². The van der Waals surface area contributed by atoms with Crippen molar-refractivity contribution in [3.05, 3.63) is 94.5 Å². The molecule has 4 aromatic rings. The highest BCUT2D eigenvalue weighted by Crippen LogP contribution is 2.19. The molecule has 0 aliphatic heterocycles. The predicted octanol–water partition coefficient (Wildman–Crippen LogP) is 4.02. The lowest BCUT2D eigenvalue weighted by molar-refractivity contribution is 0.102. The van der Waals surface area contributed by atoms with Crippen molar-refractivity contribution in [1.29, 1.82) is 0 Å². The molecule has 1 heterocycles. The highest BCUT2D eigenvalue weighted by molar-refractivity contribution is 7.89. The van der Waals surface area contributed by atoms with Crippen LogP contribution in [0, 0.1) is 6.92 Å². The van der Waals surface area contributed by atoms with Gasteiger partial charge in [-0.25, -0.2) is 18.1 Å². The van der Waals surface area contributed by atoms with Gasteiger partial charge in [0.25, 0.3) is 11.5 Å². The third-order valence-electron chi connectivity index (χ3n) is 5.17. The van der Waals surface area contributed by atoms with Crippen molar-refractivity contribution < 1.29 is 13.2 Å². The van der Waals surface area contributed by atoms with Gasteiger partial charge < -0.3 is 5.32 Å². The monoisotopic (exact) mass is 490 g/mol. The van der Waals surface area contributed by atoms with Gasteiger partial charge in [0.05, 0.1) is 21.5 Å². The van der Waals surface area contributed by atoms with Gasteiger partial charge in [-0.2, -0.15) is 0 Å². The number of para-hydroxylation sites is 1. The maximum Gasteiger partial charge on any atom is 0.265 e. The van der Waals surface area contributed by atoms with Crippen molar-refractivity contribution in [2.45, 2.75) is 38.1 Å². The molecular formula is C26H26N4O4S. The van der Waals surface area contributed by atoms with E-state index in [0.29, 0.717) is 33.7 Å². The van der Waals surface area contributed by atoms with Crippen LogP contribution in [0.25, 0.3) is 16.6 Å². The first-order chi connectivity index (χ1) is 16.4. The van der Waals surface area contributed by atoms with Gasteiger partial charge in [-0.05, 0) is 82.3 Å². The Morgan fingerprint density at radius 3 is 2.31 bits per heavy atom. The largest absolute Gasteiger partial charge is 0.322 e. The number of hydrogen-bond acceptors (Lipinski definition) is 5. The number of carbonyl (C=O) groups excluding carboxylic acids is 1. The number of carbonyl (C=O) groups is 1. The van der Waals surface area contributed by atoms with E-state index in [1.807, 2.05) is 6.07 Å². The topological polar surface area (TPSA) is 110 Å². The first-order valence-electron chi connectivity index (χ1n) is 11.0. The lowest BCUT2D eigenvalue weighted by Crippen LogP contribution is -2.40. The molecule has 0 saturated carbocycles. The van der Waals surface area contributed by atoms with E-state index in [2.05, 4.69) is 15.0 Å². The molecule has 35 heavy (non-hydrogen) atoms. The summed E-state index contributed by atoms with van der Waals surface area (Å²) in [6.45, 7) is 7.01. The summed E-state index contributed by atoms with van der Waals surface area (Å²) in [4.78, 5) is 30.4. The van der Waals surface area contributed by atoms with Gasteiger partial charge in [0.2, 0.25) is 10.0 Å².